The van der Waals surface area contributed by atoms with Gasteiger partial charge < -0.3 is 15.4 Å². The van der Waals surface area contributed by atoms with Crippen LogP contribution in [0.2, 0.25) is 0 Å². The highest BCUT2D eigenvalue weighted by Gasteiger charge is 2.21. The number of sulfonamides is 1. The van der Waals surface area contributed by atoms with Gasteiger partial charge in [0, 0.05) is 24.6 Å². The first-order valence-corrected chi connectivity index (χ1v) is 12.6. The molecule has 0 bridgehead atoms. The average Bonchev–Trinajstić information content (AvgIpc) is 2.80. The zero-order valence-corrected chi connectivity index (χ0v) is 19.8. The van der Waals surface area contributed by atoms with Crippen molar-refractivity contribution in [3.63, 3.8) is 0 Å². The molecule has 0 radical (unpaired) electrons. The van der Waals surface area contributed by atoms with Crippen LogP contribution in [0.15, 0.2) is 47.4 Å². The van der Waals surface area contributed by atoms with E-state index in [-0.39, 0.29) is 35.4 Å². The van der Waals surface area contributed by atoms with Crippen LogP contribution in [0.5, 0.6) is 5.75 Å². The SMILES string of the molecule is COc1ccccc1NS(=O)(=O)c1cc(C(=O)NCCC(=O)NC2CCCCC2)ccc1C. The first-order valence-electron chi connectivity index (χ1n) is 11.1. The molecule has 0 atom stereocenters. The molecular weight excluding hydrogens is 442 g/mol. The Kier molecular flexibility index (Phi) is 8.32. The Morgan fingerprint density at radius 3 is 2.52 bits per heavy atom. The lowest BCUT2D eigenvalue weighted by Crippen LogP contribution is -2.38. The summed E-state index contributed by atoms with van der Waals surface area (Å²) in [7, 11) is -2.50. The second-order valence-electron chi connectivity index (χ2n) is 8.19. The summed E-state index contributed by atoms with van der Waals surface area (Å²) in [5.41, 5.74) is 1.01. The van der Waals surface area contributed by atoms with E-state index in [9.17, 15) is 18.0 Å². The number of aryl methyl sites for hydroxylation is 1. The predicted molar refractivity (Wildman–Crippen MR) is 127 cm³/mol. The molecule has 1 saturated carbocycles. The molecule has 3 N–H and O–H groups in total. The topological polar surface area (TPSA) is 114 Å². The van der Waals surface area contributed by atoms with Crippen molar-refractivity contribution >= 4 is 27.5 Å². The number of benzene rings is 2. The molecule has 0 saturated heterocycles. The maximum absolute atomic E-state index is 13.0. The summed E-state index contributed by atoms with van der Waals surface area (Å²) >= 11 is 0. The van der Waals surface area contributed by atoms with Crippen LogP contribution >= 0.6 is 0 Å². The maximum Gasteiger partial charge on any atom is 0.262 e. The number of hydrogen-bond donors (Lipinski definition) is 3. The van der Waals surface area contributed by atoms with Crippen LogP contribution in [0.25, 0.3) is 0 Å². The van der Waals surface area contributed by atoms with E-state index in [1.54, 1.807) is 43.3 Å². The van der Waals surface area contributed by atoms with Gasteiger partial charge in [-0.25, -0.2) is 8.42 Å². The highest BCUT2D eigenvalue weighted by Crippen LogP contribution is 2.27. The molecule has 2 aromatic carbocycles. The molecule has 0 aromatic heterocycles. The summed E-state index contributed by atoms with van der Waals surface area (Å²) in [6.07, 6.45) is 5.65. The third-order valence-electron chi connectivity index (χ3n) is 5.70. The van der Waals surface area contributed by atoms with Gasteiger partial charge in [-0.2, -0.15) is 0 Å². The standard InChI is InChI=1S/C24H31N3O5S/c1-17-12-13-18(24(29)25-15-14-23(28)26-19-8-4-3-5-9-19)16-22(17)33(30,31)27-20-10-6-7-11-21(20)32-2/h6-7,10-13,16,19,27H,3-5,8-9,14-15H2,1-2H3,(H,25,29)(H,26,28). The number of para-hydroxylation sites is 2. The van der Waals surface area contributed by atoms with E-state index in [1.165, 1.54) is 19.6 Å². The molecule has 8 nitrogen and oxygen atoms in total. The van der Waals surface area contributed by atoms with Crippen molar-refractivity contribution in [3.8, 4) is 5.75 Å². The molecule has 0 spiro atoms. The van der Waals surface area contributed by atoms with E-state index in [4.69, 9.17) is 4.74 Å². The van der Waals surface area contributed by atoms with Gasteiger partial charge in [0.1, 0.15) is 5.75 Å². The molecule has 178 valence electrons. The van der Waals surface area contributed by atoms with Gasteiger partial charge in [-0.3, -0.25) is 14.3 Å². The Hall–Kier alpha value is -3.07. The minimum Gasteiger partial charge on any atom is -0.495 e. The summed E-state index contributed by atoms with van der Waals surface area (Å²) in [5.74, 6) is -0.135. The Morgan fingerprint density at radius 1 is 1.06 bits per heavy atom. The van der Waals surface area contributed by atoms with Crippen LogP contribution < -0.4 is 20.1 Å². The number of rotatable bonds is 9. The van der Waals surface area contributed by atoms with E-state index in [1.807, 2.05) is 0 Å². The minimum absolute atomic E-state index is 0.00361. The largest absolute Gasteiger partial charge is 0.495 e. The summed E-state index contributed by atoms with van der Waals surface area (Å²) < 4.78 is 33.7. The van der Waals surface area contributed by atoms with Crippen molar-refractivity contribution in [2.45, 2.75) is 56.4 Å². The first kappa shape index (κ1) is 24.6. The smallest absolute Gasteiger partial charge is 0.262 e. The molecule has 0 aliphatic heterocycles. The predicted octanol–water partition coefficient (Wildman–Crippen LogP) is 3.37. The zero-order chi connectivity index (χ0) is 23.8. The van der Waals surface area contributed by atoms with Crippen molar-refractivity contribution in [1.29, 1.82) is 0 Å². The fraction of sp³-hybridized carbons (Fsp3) is 0.417. The number of hydrogen-bond acceptors (Lipinski definition) is 5. The number of nitrogens with one attached hydrogen (secondary N) is 3. The summed E-state index contributed by atoms with van der Waals surface area (Å²) in [5, 5.41) is 5.71. The maximum atomic E-state index is 13.0. The monoisotopic (exact) mass is 473 g/mol. The van der Waals surface area contributed by atoms with Crippen LogP contribution in [0.1, 0.15) is 54.4 Å². The zero-order valence-electron chi connectivity index (χ0n) is 19.0. The van der Waals surface area contributed by atoms with Crippen molar-refractivity contribution < 1.29 is 22.7 Å². The Balaban J connectivity index is 1.62. The van der Waals surface area contributed by atoms with E-state index < -0.39 is 15.9 Å². The first-order chi connectivity index (χ1) is 15.8. The third kappa shape index (κ3) is 6.71. The third-order valence-corrected chi connectivity index (χ3v) is 7.21. The normalized spacial score (nSPS) is 14.4. The van der Waals surface area contributed by atoms with Crippen LogP contribution in [0.3, 0.4) is 0 Å². The Bertz CT molecular complexity index is 1100. The van der Waals surface area contributed by atoms with Crippen molar-refractivity contribution in [1.82, 2.24) is 10.6 Å². The fourth-order valence-corrected chi connectivity index (χ4v) is 5.24. The number of anilines is 1. The minimum atomic E-state index is -3.96. The molecule has 0 heterocycles. The molecule has 2 amide bonds. The number of carbonyl (C=O) groups excluding carboxylic acids is 2. The van der Waals surface area contributed by atoms with Gasteiger partial charge in [-0.05, 0) is 49.6 Å². The van der Waals surface area contributed by atoms with E-state index >= 15 is 0 Å². The lowest BCUT2D eigenvalue weighted by atomic mass is 9.95. The lowest BCUT2D eigenvalue weighted by molar-refractivity contribution is -0.121. The van der Waals surface area contributed by atoms with Crippen LogP contribution in [0, 0.1) is 6.92 Å². The van der Waals surface area contributed by atoms with Crippen LogP contribution in [0.4, 0.5) is 5.69 Å². The molecule has 9 heteroatoms. The molecular formula is C24H31N3O5S. The van der Waals surface area contributed by atoms with Gasteiger partial charge in [0.05, 0.1) is 17.7 Å². The number of ether oxygens (including phenoxy) is 1. The number of carbonyl (C=O) groups is 2. The lowest BCUT2D eigenvalue weighted by Gasteiger charge is -2.22. The highest BCUT2D eigenvalue weighted by molar-refractivity contribution is 7.92. The summed E-state index contributed by atoms with van der Waals surface area (Å²) in [6.45, 7) is 1.83. The van der Waals surface area contributed by atoms with E-state index in [0.717, 1.165) is 25.7 Å². The summed E-state index contributed by atoms with van der Waals surface area (Å²) in [4.78, 5) is 24.7. The highest BCUT2D eigenvalue weighted by atomic mass is 32.2. The van der Waals surface area contributed by atoms with Gasteiger partial charge in [-0.15, -0.1) is 0 Å². The fourth-order valence-electron chi connectivity index (χ4n) is 3.90. The molecule has 3 rings (SSSR count). The van der Waals surface area contributed by atoms with Crippen LogP contribution in [-0.2, 0) is 14.8 Å². The van der Waals surface area contributed by atoms with Crippen molar-refractivity contribution in [3.05, 3.63) is 53.6 Å². The van der Waals surface area contributed by atoms with Gasteiger partial charge in [0.2, 0.25) is 5.91 Å². The number of methoxy groups -OCH3 is 1. The van der Waals surface area contributed by atoms with Crippen molar-refractivity contribution in [2.75, 3.05) is 18.4 Å². The summed E-state index contributed by atoms with van der Waals surface area (Å²) in [6, 6.07) is 11.4. The molecule has 1 fully saturated rings. The molecule has 1 aliphatic rings. The van der Waals surface area contributed by atoms with Gasteiger partial charge >= 0.3 is 0 Å². The second-order valence-corrected chi connectivity index (χ2v) is 9.85. The van der Waals surface area contributed by atoms with Crippen LogP contribution in [-0.4, -0.2) is 39.9 Å². The van der Waals surface area contributed by atoms with Gasteiger partial charge in [0.25, 0.3) is 15.9 Å². The molecule has 33 heavy (non-hydrogen) atoms. The molecule has 2 aromatic rings. The van der Waals surface area contributed by atoms with Gasteiger partial charge in [-0.1, -0.05) is 37.5 Å². The van der Waals surface area contributed by atoms with E-state index in [2.05, 4.69) is 15.4 Å². The molecule has 0 unspecified atom stereocenters. The average molecular weight is 474 g/mol. The number of amides is 2. The Morgan fingerprint density at radius 2 is 1.79 bits per heavy atom. The Labute approximate surface area is 195 Å². The molecule has 1 aliphatic carbocycles. The van der Waals surface area contributed by atoms with Gasteiger partial charge in [0.15, 0.2) is 0 Å². The quantitative estimate of drug-likeness (QED) is 0.517. The van der Waals surface area contributed by atoms with E-state index in [0.29, 0.717) is 17.0 Å². The second kappa shape index (κ2) is 11.2. The van der Waals surface area contributed by atoms with Crippen molar-refractivity contribution in [2.24, 2.45) is 0 Å².